The van der Waals surface area contributed by atoms with E-state index in [9.17, 15) is 5.26 Å². The number of hydrogen-bond acceptors (Lipinski definition) is 3. The summed E-state index contributed by atoms with van der Waals surface area (Å²) in [5.74, 6) is 0.811. The molecule has 0 atom stereocenters. The van der Waals surface area contributed by atoms with Crippen LogP contribution < -0.4 is 4.74 Å². The van der Waals surface area contributed by atoms with Gasteiger partial charge in [0.15, 0.2) is 0 Å². The molecule has 0 aliphatic carbocycles. The molecule has 2 aromatic heterocycles. The molecule has 0 fully saturated rings. The van der Waals surface area contributed by atoms with E-state index in [1.165, 1.54) is 0 Å². The first-order valence-electron chi connectivity index (χ1n) is 6.43. The van der Waals surface area contributed by atoms with Gasteiger partial charge in [-0.2, -0.15) is 16.6 Å². The minimum Gasteiger partial charge on any atom is -0.497 e. The van der Waals surface area contributed by atoms with E-state index in [4.69, 9.17) is 4.74 Å². The van der Waals surface area contributed by atoms with Crippen molar-refractivity contribution in [3.63, 3.8) is 0 Å². The minimum atomic E-state index is 0.739. The van der Waals surface area contributed by atoms with Crippen molar-refractivity contribution in [1.82, 2.24) is 4.57 Å². The van der Waals surface area contributed by atoms with Gasteiger partial charge in [-0.1, -0.05) is 0 Å². The number of nitriles is 1. The van der Waals surface area contributed by atoms with Gasteiger partial charge in [0.2, 0.25) is 0 Å². The fourth-order valence-electron chi connectivity index (χ4n) is 2.60. The molecule has 3 aromatic rings. The van der Waals surface area contributed by atoms with Gasteiger partial charge in [-0.3, -0.25) is 0 Å². The maximum absolute atomic E-state index is 9.56. The van der Waals surface area contributed by atoms with Crippen molar-refractivity contribution in [3.05, 3.63) is 40.6 Å². The van der Waals surface area contributed by atoms with Crippen LogP contribution in [-0.4, -0.2) is 11.7 Å². The molecule has 4 heteroatoms. The molecule has 3 rings (SSSR count). The van der Waals surface area contributed by atoms with Gasteiger partial charge in [-0.25, -0.2) is 0 Å². The standard InChI is InChI=1S/C16H14N2OS/c1-3-18-15-8-12(19-2)4-5-13(15)14(9-17)16(18)11-6-7-20-10-11/h4-8,10H,3H2,1-2H3. The van der Waals surface area contributed by atoms with E-state index < -0.39 is 0 Å². The first-order valence-corrected chi connectivity index (χ1v) is 7.37. The average Bonchev–Trinajstić information content (AvgIpc) is 3.11. The number of benzene rings is 1. The molecule has 0 aliphatic rings. The molecule has 0 aliphatic heterocycles. The summed E-state index contributed by atoms with van der Waals surface area (Å²) >= 11 is 1.64. The zero-order valence-corrected chi connectivity index (χ0v) is 12.2. The monoisotopic (exact) mass is 282 g/mol. The quantitative estimate of drug-likeness (QED) is 0.719. The number of aryl methyl sites for hydroxylation is 1. The number of ether oxygens (including phenoxy) is 1. The molecular formula is C16H14N2OS. The molecule has 2 heterocycles. The highest BCUT2D eigenvalue weighted by Gasteiger charge is 2.18. The van der Waals surface area contributed by atoms with Crippen molar-refractivity contribution >= 4 is 22.2 Å². The fraction of sp³-hybridized carbons (Fsp3) is 0.188. The summed E-state index contributed by atoms with van der Waals surface area (Å²) in [6, 6.07) is 10.3. The lowest BCUT2D eigenvalue weighted by Crippen LogP contribution is -1.97. The van der Waals surface area contributed by atoms with Crippen molar-refractivity contribution in [2.45, 2.75) is 13.5 Å². The van der Waals surface area contributed by atoms with E-state index in [1.54, 1.807) is 18.4 Å². The number of rotatable bonds is 3. The maximum atomic E-state index is 9.56. The van der Waals surface area contributed by atoms with Crippen molar-refractivity contribution in [1.29, 1.82) is 5.26 Å². The topological polar surface area (TPSA) is 38.0 Å². The van der Waals surface area contributed by atoms with Crippen LogP contribution in [0.4, 0.5) is 0 Å². The molecule has 1 aromatic carbocycles. The third kappa shape index (κ3) is 1.79. The van der Waals surface area contributed by atoms with E-state index in [-0.39, 0.29) is 0 Å². The Balaban J connectivity index is 2.42. The van der Waals surface area contributed by atoms with Crippen LogP contribution in [0.25, 0.3) is 22.2 Å². The smallest absolute Gasteiger partial charge is 0.120 e. The Bertz CT molecular complexity index is 794. The predicted octanol–water partition coefficient (Wildman–Crippen LogP) is 4.27. The largest absolute Gasteiger partial charge is 0.497 e. The second-order valence-electron chi connectivity index (χ2n) is 4.47. The Morgan fingerprint density at radius 2 is 2.20 bits per heavy atom. The molecule has 3 nitrogen and oxygen atoms in total. The van der Waals surface area contributed by atoms with Crippen molar-refractivity contribution in [3.8, 4) is 23.1 Å². The summed E-state index contributed by atoms with van der Waals surface area (Å²) < 4.78 is 7.48. The molecule has 20 heavy (non-hydrogen) atoms. The number of thiophene rings is 1. The Morgan fingerprint density at radius 3 is 2.80 bits per heavy atom. The van der Waals surface area contributed by atoms with E-state index in [0.29, 0.717) is 0 Å². The highest BCUT2D eigenvalue weighted by Crippen LogP contribution is 2.35. The van der Waals surface area contributed by atoms with E-state index >= 15 is 0 Å². The Hall–Kier alpha value is -2.25. The van der Waals surface area contributed by atoms with Gasteiger partial charge in [0.25, 0.3) is 0 Å². The Labute approximate surface area is 121 Å². The van der Waals surface area contributed by atoms with E-state index in [0.717, 1.165) is 40.0 Å². The second-order valence-corrected chi connectivity index (χ2v) is 5.25. The number of aromatic nitrogens is 1. The molecule has 100 valence electrons. The average molecular weight is 282 g/mol. The molecule has 0 spiro atoms. The lowest BCUT2D eigenvalue weighted by atomic mass is 10.1. The highest BCUT2D eigenvalue weighted by atomic mass is 32.1. The number of methoxy groups -OCH3 is 1. The molecule has 0 radical (unpaired) electrons. The second kappa shape index (κ2) is 5.03. The molecule has 0 unspecified atom stereocenters. The van der Waals surface area contributed by atoms with E-state index in [2.05, 4.69) is 29.0 Å². The van der Waals surface area contributed by atoms with Crippen LogP contribution in [0.15, 0.2) is 35.0 Å². The van der Waals surface area contributed by atoms with Crippen molar-refractivity contribution < 1.29 is 4.74 Å². The first kappa shape index (κ1) is 12.8. The lowest BCUT2D eigenvalue weighted by Gasteiger charge is -2.07. The third-order valence-electron chi connectivity index (χ3n) is 3.49. The van der Waals surface area contributed by atoms with Crippen LogP contribution in [-0.2, 0) is 6.54 Å². The van der Waals surface area contributed by atoms with Gasteiger partial charge in [0.1, 0.15) is 11.8 Å². The Kier molecular flexibility index (Phi) is 3.21. The molecule has 0 saturated carbocycles. The summed E-state index contributed by atoms with van der Waals surface area (Å²) in [5.41, 5.74) is 3.88. The summed E-state index contributed by atoms with van der Waals surface area (Å²) in [5, 5.41) is 14.7. The predicted molar refractivity (Wildman–Crippen MR) is 82.2 cm³/mol. The van der Waals surface area contributed by atoms with Crippen LogP contribution in [0.1, 0.15) is 12.5 Å². The van der Waals surface area contributed by atoms with Crippen LogP contribution in [0, 0.1) is 11.3 Å². The van der Waals surface area contributed by atoms with E-state index in [1.807, 2.05) is 23.6 Å². The zero-order chi connectivity index (χ0) is 14.1. The van der Waals surface area contributed by atoms with Gasteiger partial charge in [-0.05, 0) is 30.5 Å². The van der Waals surface area contributed by atoms with Gasteiger partial charge in [-0.15, -0.1) is 0 Å². The van der Waals surface area contributed by atoms with Gasteiger partial charge in [0.05, 0.1) is 23.9 Å². The van der Waals surface area contributed by atoms with Crippen molar-refractivity contribution in [2.24, 2.45) is 0 Å². The summed E-state index contributed by atoms with van der Waals surface area (Å²) in [7, 11) is 1.66. The van der Waals surface area contributed by atoms with Gasteiger partial charge >= 0.3 is 0 Å². The molecule has 0 saturated heterocycles. The Morgan fingerprint density at radius 1 is 1.35 bits per heavy atom. The van der Waals surface area contributed by atoms with Crippen LogP contribution in [0.5, 0.6) is 5.75 Å². The summed E-state index contributed by atoms with van der Waals surface area (Å²) in [4.78, 5) is 0. The van der Waals surface area contributed by atoms with Gasteiger partial charge < -0.3 is 9.30 Å². The third-order valence-corrected chi connectivity index (χ3v) is 4.18. The van der Waals surface area contributed by atoms with Crippen LogP contribution >= 0.6 is 11.3 Å². The fourth-order valence-corrected chi connectivity index (χ4v) is 3.24. The van der Waals surface area contributed by atoms with Crippen LogP contribution in [0.2, 0.25) is 0 Å². The summed E-state index contributed by atoms with van der Waals surface area (Å²) in [6.07, 6.45) is 0. The molecule has 0 bridgehead atoms. The van der Waals surface area contributed by atoms with Gasteiger partial charge in [0, 0.05) is 28.9 Å². The lowest BCUT2D eigenvalue weighted by molar-refractivity contribution is 0.415. The molecular weight excluding hydrogens is 268 g/mol. The first-order chi connectivity index (χ1) is 9.80. The molecule has 0 amide bonds. The highest BCUT2D eigenvalue weighted by molar-refractivity contribution is 7.08. The van der Waals surface area contributed by atoms with Crippen molar-refractivity contribution in [2.75, 3.05) is 7.11 Å². The SMILES string of the molecule is CCn1c(-c2ccsc2)c(C#N)c2ccc(OC)cc21. The minimum absolute atomic E-state index is 0.739. The molecule has 0 N–H and O–H groups in total. The zero-order valence-electron chi connectivity index (χ0n) is 11.4. The number of nitrogens with zero attached hydrogens (tertiary/aromatic N) is 2. The number of hydrogen-bond donors (Lipinski definition) is 0. The summed E-state index contributed by atoms with van der Waals surface area (Å²) in [6.45, 7) is 2.91. The maximum Gasteiger partial charge on any atom is 0.120 e. The normalized spacial score (nSPS) is 10.7. The van der Waals surface area contributed by atoms with Crippen LogP contribution in [0.3, 0.4) is 0 Å². The number of fused-ring (bicyclic) bond motifs is 1.